The Labute approximate surface area is 156 Å². The molecule has 3 heterocycles. The number of benzene rings is 1. The number of amides is 1. The van der Waals surface area contributed by atoms with E-state index >= 15 is 0 Å². The monoisotopic (exact) mass is 385 g/mol. The molecule has 0 saturated carbocycles. The van der Waals surface area contributed by atoms with Crippen LogP contribution >= 0.6 is 0 Å². The average molecular weight is 385 g/mol. The molecule has 0 saturated heterocycles. The van der Waals surface area contributed by atoms with Gasteiger partial charge in [-0.3, -0.25) is 4.79 Å². The second-order valence-corrected chi connectivity index (χ2v) is 8.30. The summed E-state index contributed by atoms with van der Waals surface area (Å²) in [5.74, 6) is 0.251. The molecule has 0 bridgehead atoms. The van der Waals surface area contributed by atoms with Crippen molar-refractivity contribution < 1.29 is 13.2 Å². The van der Waals surface area contributed by atoms with E-state index in [2.05, 4.69) is 15.4 Å². The number of anilines is 1. The lowest BCUT2D eigenvalue weighted by molar-refractivity contribution is -0.129. The van der Waals surface area contributed by atoms with Gasteiger partial charge in [-0.1, -0.05) is 18.2 Å². The van der Waals surface area contributed by atoms with Gasteiger partial charge in [-0.2, -0.15) is 0 Å². The van der Waals surface area contributed by atoms with Crippen molar-refractivity contribution in [1.82, 2.24) is 19.5 Å². The molecule has 4 rings (SSSR count). The first kappa shape index (κ1) is 17.5. The van der Waals surface area contributed by atoms with Gasteiger partial charge in [0.1, 0.15) is 0 Å². The zero-order chi connectivity index (χ0) is 19.2. The SMILES string of the molecule is CNc1nn2cc3c(nc2c1S(=O)(=O)c1ccccc1)CCN(C(C)=O)C3. The first-order chi connectivity index (χ1) is 12.9. The lowest BCUT2D eigenvalue weighted by atomic mass is 10.1. The maximum atomic E-state index is 13.2. The van der Waals surface area contributed by atoms with Crippen LogP contribution in [0.25, 0.3) is 5.65 Å². The number of nitrogens with zero attached hydrogens (tertiary/aromatic N) is 4. The highest BCUT2D eigenvalue weighted by Crippen LogP contribution is 2.31. The highest BCUT2D eigenvalue weighted by Gasteiger charge is 2.30. The fourth-order valence-corrected chi connectivity index (χ4v) is 4.82. The largest absolute Gasteiger partial charge is 0.370 e. The number of carbonyl (C=O) groups excluding carboxylic acids is 1. The number of hydrogen-bond donors (Lipinski definition) is 1. The number of fused-ring (bicyclic) bond motifs is 2. The van der Waals surface area contributed by atoms with Gasteiger partial charge < -0.3 is 10.2 Å². The maximum absolute atomic E-state index is 13.2. The van der Waals surface area contributed by atoms with Gasteiger partial charge in [0.15, 0.2) is 16.4 Å². The molecular weight excluding hydrogens is 366 g/mol. The molecule has 140 valence electrons. The van der Waals surface area contributed by atoms with E-state index in [1.807, 2.05) is 0 Å². The van der Waals surface area contributed by atoms with Crippen LogP contribution in [-0.4, -0.2) is 47.4 Å². The molecule has 3 aromatic rings. The molecule has 9 heteroatoms. The standard InChI is InChI=1S/C18H19N5O3S/c1-12(24)22-9-8-15-13(10-22)11-23-18(20-15)16(17(19-2)21-23)27(25,26)14-6-4-3-5-7-14/h3-7,11H,8-10H2,1-2H3,(H,19,21). The van der Waals surface area contributed by atoms with Crippen LogP contribution in [0.4, 0.5) is 5.82 Å². The molecule has 0 aliphatic carbocycles. The summed E-state index contributed by atoms with van der Waals surface area (Å²) in [6, 6.07) is 8.25. The van der Waals surface area contributed by atoms with Gasteiger partial charge in [-0.25, -0.2) is 17.9 Å². The first-order valence-corrected chi connectivity index (χ1v) is 10.0. The molecule has 1 aliphatic heterocycles. The van der Waals surface area contributed by atoms with Crippen molar-refractivity contribution in [3.05, 3.63) is 47.8 Å². The van der Waals surface area contributed by atoms with Crippen molar-refractivity contribution >= 4 is 27.2 Å². The van der Waals surface area contributed by atoms with Crippen LogP contribution in [0.15, 0.2) is 46.3 Å². The molecule has 0 radical (unpaired) electrons. The van der Waals surface area contributed by atoms with Crippen molar-refractivity contribution in [2.24, 2.45) is 0 Å². The highest BCUT2D eigenvalue weighted by molar-refractivity contribution is 7.91. The summed E-state index contributed by atoms with van der Waals surface area (Å²) in [4.78, 5) is 18.3. The van der Waals surface area contributed by atoms with E-state index in [1.54, 1.807) is 48.5 Å². The Morgan fingerprint density at radius 3 is 2.63 bits per heavy atom. The Morgan fingerprint density at radius 2 is 1.96 bits per heavy atom. The van der Waals surface area contributed by atoms with Crippen LogP contribution in [0.1, 0.15) is 18.2 Å². The van der Waals surface area contributed by atoms with E-state index in [0.717, 1.165) is 11.3 Å². The number of sulfone groups is 1. The fraction of sp³-hybridized carbons (Fsp3) is 0.278. The van der Waals surface area contributed by atoms with E-state index in [4.69, 9.17) is 0 Å². The Morgan fingerprint density at radius 1 is 1.22 bits per heavy atom. The summed E-state index contributed by atoms with van der Waals surface area (Å²) in [5.41, 5.74) is 1.96. The molecule has 2 aromatic heterocycles. The zero-order valence-corrected chi connectivity index (χ0v) is 15.8. The van der Waals surface area contributed by atoms with E-state index in [9.17, 15) is 13.2 Å². The predicted octanol–water partition coefficient (Wildman–Crippen LogP) is 1.51. The number of nitrogens with one attached hydrogen (secondary N) is 1. The highest BCUT2D eigenvalue weighted by atomic mass is 32.2. The maximum Gasteiger partial charge on any atom is 0.219 e. The number of carbonyl (C=O) groups is 1. The average Bonchev–Trinajstić information content (AvgIpc) is 3.04. The molecule has 0 atom stereocenters. The Bertz CT molecular complexity index is 1140. The minimum absolute atomic E-state index is 0.00414. The third kappa shape index (κ3) is 2.84. The number of aromatic nitrogens is 3. The van der Waals surface area contributed by atoms with E-state index in [0.29, 0.717) is 25.2 Å². The molecule has 8 nitrogen and oxygen atoms in total. The Balaban J connectivity index is 1.91. The summed E-state index contributed by atoms with van der Waals surface area (Å²) < 4.78 is 27.9. The van der Waals surface area contributed by atoms with Crippen molar-refractivity contribution in [2.45, 2.75) is 29.7 Å². The van der Waals surface area contributed by atoms with Gasteiger partial charge in [-0.15, -0.1) is 5.10 Å². The second-order valence-electron chi connectivity index (χ2n) is 6.42. The summed E-state index contributed by atoms with van der Waals surface area (Å²) in [5, 5.41) is 7.22. The molecule has 27 heavy (non-hydrogen) atoms. The molecule has 0 fully saturated rings. The first-order valence-electron chi connectivity index (χ1n) is 8.56. The normalized spacial score (nSPS) is 14.2. The van der Waals surface area contributed by atoms with Crippen molar-refractivity contribution in [2.75, 3.05) is 18.9 Å². The van der Waals surface area contributed by atoms with Gasteiger partial charge >= 0.3 is 0 Å². The van der Waals surface area contributed by atoms with Gasteiger partial charge in [0.05, 0.1) is 10.6 Å². The van der Waals surface area contributed by atoms with E-state index in [1.165, 1.54) is 11.4 Å². The minimum atomic E-state index is -3.79. The lowest BCUT2D eigenvalue weighted by Crippen LogP contribution is -2.35. The lowest BCUT2D eigenvalue weighted by Gasteiger charge is -2.27. The van der Waals surface area contributed by atoms with E-state index in [-0.39, 0.29) is 21.5 Å². The predicted molar refractivity (Wildman–Crippen MR) is 99.2 cm³/mol. The van der Waals surface area contributed by atoms with Gasteiger partial charge in [0.2, 0.25) is 15.7 Å². The van der Waals surface area contributed by atoms with Crippen LogP contribution in [0.3, 0.4) is 0 Å². The molecule has 0 unspecified atom stereocenters. The molecule has 1 aromatic carbocycles. The third-order valence-corrected chi connectivity index (χ3v) is 6.52. The summed E-state index contributed by atoms with van der Waals surface area (Å²) in [6.07, 6.45) is 2.34. The molecule has 1 N–H and O–H groups in total. The summed E-state index contributed by atoms with van der Waals surface area (Å²) >= 11 is 0. The fourth-order valence-electron chi connectivity index (χ4n) is 3.30. The second kappa shape index (κ2) is 6.34. The molecular formula is C18H19N5O3S. The van der Waals surface area contributed by atoms with Gasteiger partial charge in [0.25, 0.3) is 0 Å². The Hall–Kier alpha value is -2.94. The van der Waals surface area contributed by atoms with Crippen LogP contribution in [-0.2, 0) is 27.6 Å². The topological polar surface area (TPSA) is 96.7 Å². The van der Waals surface area contributed by atoms with Crippen LogP contribution in [0.5, 0.6) is 0 Å². The molecule has 1 amide bonds. The number of hydrogen-bond acceptors (Lipinski definition) is 6. The van der Waals surface area contributed by atoms with Gasteiger partial charge in [-0.05, 0) is 12.1 Å². The van der Waals surface area contributed by atoms with Crippen LogP contribution < -0.4 is 5.32 Å². The Kier molecular flexibility index (Phi) is 4.11. The zero-order valence-electron chi connectivity index (χ0n) is 15.0. The van der Waals surface area contributed by atoms with Crippen LogP contribution in [0, 0.1) is 0 Å². The summed E-state index contributed by atoms with van der Waals surface area (Å²) in [7, 11) is -2.16. The van der Waals surface area contributed by atoms with Crippen molar-refractivity contribution in [3.63, 3.8) is 0 Å². The van der Waals surface area contributed by atoms with Crippen LogP contribution in [0.2, 0.25) is 0 Å². The minimum Gasteiger partial charge on any atom is -0.370 e. The van der Waals surface area contributed by atoms with E-state index < -0.39 is 9.84 Å². The molecule has 1 aliphatic rings. The number of rotatable bonds is 3. The summed E-state index contributed by atoms with van der Waals surface area (Å²) in [6.45, 7) is 2.55. The smallest absolute Gasteiger partial charge is 0.219 e. The third-order valence-electron chi connectivity index (χ3n) is 4.72. The molecule has 0 spiro atoms. The quantitative estimate of drug-likeness (QED) is 0.734. The van der Waals surface area contributed by atoms with Gasteiger partial charge in [0, 0.05) is 45.2 Å². The van der Waals surface area contributed by atoms with Crippen molar-refractivity contribution in [3.8, 4) is 0 Å². The van der Waals surface area contributed by atoms with Crippen molar-refractivity contribution in [1.29, 1.82) is 0 Å².